The molecule has 0 spiro atoms. The number of rotatable bonds is 5. The maximum Gasteiger partial charge on any atom is 0.422 e. The fourth-order valence-corrected chi connectivity index (χ4v) is 3.64. The predicted octanol–water partition coefficient (Wildman–Crippen LogP) is 4.72. The minimum Gasteiger partial charge on any atom is -0.484 e. The van der Waals surface area contributed by atoms with E-state index in [9.17, 15) is 18.0 Å². The van der Waals surface area contributed by atoms with E-state index in [0.717, 1.165) is 10.4 Å². The van der Waals surface area contributed by atoms with Crippen molar-refractivity contribution in [3.8, 4) is 5.75 Å². The zero-order valence-electron chi connectivity index (χ0n) is 14.9. The van der Waals surface area contributed by atoms with E-state index in [0.29, 0.717) is 21.7 Å². The monoisotopic (exact) mass is 397 g/mol. The molecule has 0 aliphatic rings. The first-order chi connectivity index (χ1) is 12.6. The molecule has 1 atom stereocenters. The minimum absolute atomic E-state index is 0.128. The molecule has 5 nitrogen and oxygen atoms in total. The van der Waals surface area contributed by atoms with E-state index in [1.165, 1.54) is 23.5 Å². The number of halogens is 3. The number of nitrogens with zero attached hydrogens (tertiary/aromatic N) is 1. The molecule has 1 aromatic carbocycles. The first kappa shape index (κ1) is 19.2. The third-order valence-corrected chi connectivity index (χ3v) is 5.21. The lowest BCUT2D eigenvalue weighted by Crippen LogP contribution is -2.19. The van der Waals surface area contributed by atoms with Crippen LogP contribution in [-0.4, -0.2) is 22.8 Å². The van der Waals surface area contributed by atoms with Crippen LogP contribution in [0, 0.1) is 13.8 Å². The number of anilines is 1. The van der Waals surface area contributed by atoms with Gasteiger partial charge in [-0.1, -0.05) is 0 Å². The van der Waals surface area contributed by atoms with E-state index in [1.54, 1.807) is 12.1 Å². The van der Waals surface area contributed by atoms with Gasteiger partial charge in [-0.25, -0.2) is 4.98 Å². The number of alkyl halides is 3. The molecule has 144 valence electrons. The third-order valence-electron chi connectivity index (χ3n) is 4.11. The van der Waals surface area contributed by atoms with E-state index in [-0.39, 0.29) is 17.4 Å². The molecule has 0 aliphatic carbocycles. The number of aromatic nitrogens is 2. The second-order valence-corrected chi connectivity index (χ2v) is 7.41. The van der Waals surface area contributed by atoms with Gasteiger partial charge in [0.2, 0.25) is 0 Å². The van der Waals surface area contributed by atoms with Crippen molar-refractivity contribution in [1.82, 2.24) is 9.97 Å². The van der Waals surface area contributed by atoms with Crippen LogP contribution in [0.1, 0.15) is 29.2 Å². The van der Waals surface area contributed by atoms with Crippen LogP contribution < -0.4 is 15.6 Å². The quantitative estimate of drug-likeness (QED) is 0.654. The van der Waals surface area contributed by atoms with Crippen LogP contribution in [0.2, 0.25) is 0 Å². The van der Waals surface area contributed by atoms with Crippen molar-refractivity contribution in [1.29, 1.82) is 0 Å². The number of ether oxygens (including phenoxy) is 1. The number of hydrogen-bond acceptors (Lipinski definition) is 5. The highest BCUT2D eigenvalue weighted by atomic mass is 32.1. The lowest BCUT2D eigenvalue weighted by Gasteiger charge is -2.15. The number of aromatic amines is 1. The summed E-state index contributed by atoms with van der Waals surface area (Å²) in [5.41, 5.74) is 1.43. The van der Waals surface area contributed by atoms with Gasteiger partial charge >= 0.3 is 6.18 Å². The molecule has 0 fully saturated rings. The minimum atomic E-state index is -4.37. The molecule has 9 heteroatoms. The van der Waals surface area contributed by atoms with Crippen molar-refractivity contribution in [2.24, 2.45) is 0 Å². The normalized spacial score (nSPS) is 13.0. The highest BCUT2D eigenvalue weighted by Gasteiger charge is 2.28. The molecular formula is C18H18F3N3O2S. The smallest absolute Gasteiger partial charge is 0.422 e. The molecule has 3 rings (SSSR count). The highest BCUT2D eigenvalue weighted by Crippen LogP contribution is 2.27. The van der Waals surface area contributed by atoms with Crippen molar-refractivity contribution in [3.05, 3.63) is 50.9 Å². The van der Waals surface area contributed by atoms with Gasteiger partial charge in [-0.2, -0.15) is 13.2 Å². The molecule has 0 aliphatic heterocycles. The lowest BCUT2D eigenvalue weighted by molar-refractivity contribution is -0.153. The van der Waals surface area contributed by atoms with Crippen LogP contribution >= 0.6 is 11.3 Å². The average Bonchev–Trinajstić information content (AvgIpc) is 2.88. The van der Waals surface area contributed by atoms with Gasteiger partial charge < -0.3 is 15.0 Å². The van der Waals surface area contributed by atoms with Gasteiger partial charge in [-0.15, -0.1) is 11.3 Å². The fourth-order valence-electron chi connectivity index (χ4n) is 2.61. The van der Waals surface area contributed by atoms with Gasteiger partial charge in [0, 0.05) is 10.6 Å². The number of benzene rings is 1. The number of thiophene rings is 1. The summed E-state index contributed by atoms with van der Waals surface area (Å²) < 4.78 is 41.2. The topological polar surface area (TPSA) is 67.0 Å². The van der Waals surface area contributed by atoms with Gasteiger partial charge in [0.05, 0.1) is 11.4 Å². The van der Waals surface area contributed by atoms with Gasteiger partial charge in [0.1, 0.15) is 16.4 Å². The number of aryl methyl sites for hydroxylation is 2. The number of hydrogen-bond donors (Lipinski definition) is 2. The Kier molecular flexibility index (Phi) is 5.14. The Morgan fingerprint density at radius 2 is 1.93 bits per heavy atom. The molecular weight excluding hydrogens is 379 g/mol. The van der Waals surface area contributed by atoms with E-state index in [1.807, 2.05) is 20.8 Å². The third kappa shape index (κ3) is 4.41. The Morgan fingerprint density at radius 3 is 2.56 bits per heavy atom. The number of fused-ring (bicyclic) bond motifs is 1. The summed E-state index contributed by atoms with van der Waals surface area (Å²) in [5.74, 6) is 0.620. The van der Waals surface area contributed by atoms with Gasteiger partial charge in [0.15, 0.2) is 6.61 Å². The van der Waals surface area contributed by atoms with Crippen molar-refractivity contribution < 1.29 is 17.9 Å². The standard InChI is InChI=1S/C18H18F3N3O2S/c1-9-11(3)27-17-14(9)16(25)23-15(24-17)10(2)22-12-4-6-13(7-5-12)26-8-18(19,20)21/h4-7,10,22H,8H2,1-3H3,(H,23,24,25)/t10-/m1/s1. The second-order valence-electron chi connectivity index (χ2n) is 6.21. The number of nitrogens with one attached hydrogen (secondary N) is 2. The molecule has 0 bridgehead atoms. The first-order valence-corrected chi connectivity index (χ1v) is 9.02. The van der Waals surface area contributed by atoms with Crippen molar-refractivity contribution in [3.63, 3.8) is 0 Å². The van der Waals surface area contributed by atoms with Crippen LogP contribution in [0.5, 0.6) is 5.75 Å². The molecule has 2 N–H and O–H groups in total. The molecule has 2 aromatic heterocycles. The second kappa shape index (κ2) is 7.22. The maximum absolute atomic E-state index is 12.4. The summed E-state index contributed by atoms with van der Waals surface area (Å²) >= 11 is 1.47. The Labute approximate surface area is 157 Å². The summed E-state index contributed by atoms with van der Waals surface area (Å²) in [5, 5.41) is 3.78. The number of H-pyrrole nitrogens is 1. The molecule has 2 heterocycles. The highest BCUT2D eigenvalue weighted by molar-refractivity contribution is 7.18. The SMILES string of the molecule is Cc1sc2nc([C@@H](C)Nc3ccc(OCC(F)(F)F)cc3)[nH]c(=O)c2c1C. The van der Waals surface area contributed by atoms with Gasteiger partial charge in [-0.05, 0) is 50.6 Å². The zero-order chi connectivity index (χ0) is 19.8. The van der Waals surface area contributed by atoms with E-state index >= 15 is 0 Å². The average molecular weight is 397 g/mol. The first-order valence-electron chi connectivity index (χ1n) is 8.20. The van der Waals surface area contributed by atoms with E-state index < -0.39 is 12.8 Å². The lowest BCUT2D eigenvalue weighted by atomic mass is 10.2. The molecule has 3 aromatic rings. The molecule has 27 heavy (non-hydrogen) atoms. The van der Waals surface area contributed by atoms with Crippen LogP contribution in [0.15, 0.2) is 29.1 Å². The predicted molar refractivity (Wildman–Crippen MR) is 99.7 cm³/mol. The molecule has 0 saturated heterocycles. The molecule has 0 saturated carbocycles. The summed E-state index contributed by atoms with van der Waals surface area (Å²) in [6.07, 6.45) is -4.37. The van der Waals surface area contributed by atoms with E-state index in [4.69, 9.17) is 0 Å². The zero-order valence-corrected chi connectivity index (χ0v) is 15.7. The van der Waals surface area contributed by atoms with Crippen LogP contribution in [0.4, 0.5) is 18.9 Å². The Hall–Kier alpha value is -2.55. The van der Waals surface area contributed by atoms with E-state index in [2.05, 4.69) is 20.0 Å². The molecule has 0 amide bonds. The Bertz CT molecular complexity index is 1010. The van der Waals surface area contributed by atoms with Crippen LogP contribution in [0.25, 0.3) is 10.2 Å². The van der Waals surface area contributed by atoms with Gasteiger partial charge in [0.25, 0.3) is 5.56 Å². The fraction of sp³-hybridized carbons (Fsp3) is 0.333. The van der Waals surface area contributed by atoms with Crippen LogP contribution in [0.3, 0.4) is 0 Å². The Morgan fingerprint density at radius 1 is 1.26 bits per heavy atom. The largest absolute Gasteiger partial charge is 0.484 e. The summed E-state index contributed by atoms with van der Waals surface area (Å²) in [7, 11) is 0. The van der Waals surface area contributed by atoms with Crippen molar-refractivity contribution >= 4 is 27.2 Å². The summed E-state index contributed by atoms with van der Waals surface area (Å²) in [6, 6.07) is 5.82. The summed E-state index contributed by atoms with van der Waals surface area (Å²) in [4.78, 5) is 21.4. The van der Waals surface area contributed by atoms with Crippen LogP contribution in [-0.2, 0) is 0 Å². The van der Waals surface area contributed by atoms with Crippen molar-refractivity contribution in [2.45, 2.75) is 33.0 Å². The summed E-state index contributed by atoms with van der Waals surface area (Å²) in [6.45, 7) is 4.35. The molecule has 0 unspecified atom stereocenters. The van der Waals surface area contributed by atoms with Gasteiger partial charge in [-0.3, -0.25) is 4.79 Å². The Balaban J connectivity index is 1.74. The molecule has 0 radical (unpaired) electrons. The maximum atomic E-state index is 12.4. The van der Waals surface area contributed by atoms with Crippen molar-refractivity contribution in [2.75, 3.05) is 11.9 Å².